The normalized spacial score (nSPS) is 12.3. The van der Waals surface area contributed by atoms with E-state index in [1.54, 1.807) is 36.4 Å². The Morgan fingerprint density at radius 1 is 0.351 bits per heavy atom. The molecule has 274 valence electrons. The van der Waals surface area contributed by atoms with Crippen LogP contribution in [-0.4, -0.2) is 22.2 Å². The second-order valence-corrected chi connectivity index (χ2v) is 13.8. The lowest BCUT2D eigenvalue weighted by atomic mass is 9.64. The fourth-order valence-electron chi connectivity index (χ4n) is 8.21. The van der Waals surface area contributed by atoms with Crippen molar-refractivity contribution in [2.75, 3.05) is 0 Å². The number of ether oxygens (including phenoxy) is 2. The zero-order chi connectivity index (χ0) is 38.9. The van der Waals surface area contributed by atoms with Gasteiger partial charge in [-0.1, -0.05) is 146 Å². The standard InChI is InChI=1S/C51H34O6/c52-49(53)41-17-5-11-23-47(41)56-35-29-25-33(26-30-35)37-13-1-7-19-43(37)51(45-21-9-3-15-39(45)40-16-4-10-22-46(40)51)44-20-8-2-14-38(44)34-27-31-36(32-28-34)57-48-24-12-6-18-42(48)50(54)55/h1-32H,(H,52,53)(H,54,55). The summed E-state index contributed by atoms with van der Waals surface area (Å²) in [5.41, 5.74) is 10.4. The third kappa shape index (κ3) is 6.10. The van der Waals surface area contributed by atoms with Crippen LogP contribution in [0.3, 0.4) is 0 Å². The molecule has 8 aromatic carbocycles. The third-order valence-electron chi connectivity index (χ3n) is 10.6. The molecule has 0 bridgehead atoms. The Morgan fingerprint density at radius 3 is 1.02 bits per heavy atom. The van der Waals surface area contributed by atoms with Crippen molar-refractivity contribution in [1.29, 1.82) is 0 Å². The van der Waals surface area contributed by atoms with Crippen LogP contribution in [0.1, 0.15) is 43.0 Å². The molecule has 0 heterocycles. The van der Waals surface area contributed by atoms with Crippen molar-refractivity contribution in [3.63, 3.8) is 0 Å². The Labute approximate surface area is 329 Å². The largest absolute Gasteiger partial charge is 0.478 e. The lowest BCUT2D eigenvalue weighted by Gasteiger charge is -2.37. The second kappa shape index (κ2) is 14.5. The molecule has 6 nitrogen and oxygen atoms in total. The average molecular weight is 743 g/mol. The molecule has 0 unspecified atom stereocenters. The first kappa shape index (κ1) is 35.0. The molecule has 6 heteroatoms. The fourth-order valence-corrected chi connectivity index (χ4v) is 8.21. The monoisotopic (exact) mass is 742 g/mol. The van der Waals surface area contributed by atoms with Crippen molar-refractivity contribution >= 4 is 11.9 Å². The van der Waals surface area contributed by atoms with Gasteiger partial charge in [-0.25, -0.2) is 9.59 Å². The molecular formula is C51H34O6. The number of fused-ring (bicyclic) bond motifs is 3. The summed E-state index contributed by atoms with van der Waals surface area (Å²) in [7, 11) is 0. The zero-order valence-electron chi connectivity index (χ0n) is 30.5. The number of rotatable bonds is 10. The van der Waals surface area contributed by atoms with Crippen molar-refractivity contribution in [1.82, 2.24) is 0 Å². The minimum Gasteiger partial charge on any atom is -0.478 e. The molecule has 0 atom stereocenters. The maximum absolute atomic E-state index is 11.9. The lowest BCUT2D eigenvalue weighted by molar-refractivity contribution is 0.0683. The van der Waals surface area contributed by atoms with E-state index < -0.39 is 17.4 Å². The van der Waals surface area contributed by atoms with E-state index in [9.17, 15) is 19.8 Å². The average Bonchev–Trinajstić information content (AvgIpc) is 3.55. The van der Waals surface area contributed by atoms with E-state index in [-0.39, 0.29) is 22.6 Å². The maximum atomic E-state index is 11.9. The van der Waals surface area contributed by atoms with Gasteiger partial charge in [0.25, 0.3) is 0 Å². The highest BCUT2D eigenvalue weighted by atomic mass is 16.5. The number of para-hydroxylation sites is 2. The van der Waals surface area contributed by atoms with Crippen LogP contribution in [0.15, 0.2) is 194 Å². The zero-order valence-corrected chi connectivity index (χ0v) is 30.5. The van der Waals surface area contributed by atoms with Crippen LogP contribution in [0, 0.1) is 0 Å². The predicted octanol–water partition coefficient (Wildman–Crippen LogP) is 12.4. The molecule has 0 fully saturated rings. The number of carbonyl (C=O) groups is 2. The summed E-state index contributed by atoms with van der Waals surface area (Å²) in [5, 5.41) is 19.4. The lowest BCUT2D eigenvalue weighted by Crippen LogP contribution is -2.30. The van der Waals surface area contributed by atoms with Crippen LogP contribution in [0.2, 0.25) is 0 Å². The number of hydrogen-bond acceptors (Lipinski definition) is 4. The van der Waals surface area contributed by atoms with Gasteiger partial charge in [0.05, 0.1) is 5.41 Å². The number of carboxylic acid groups (broad SMARTS) is 2. The first-order chi connectivity index (χ1) is 27.9. The van der Waals surface area contributed by atoms with E-state index in [4.69, 9.17) is 9.47 Å². The van der Waals surface area contributed by atoms with Crippen LogP contribution >= 0.6 is 0 Å². The molecule has 2 N–H and O–H groups in total. The van der Waals surface area contributed by atoms with Crippen molar-refractivity contribution in [2.45, 2.75) is 5.41 Å². The molecule has 1 aliphatic rings. The summed E-state index contributed by atoms with van der Waals surface area (Å²) in [4.78, 5) is 23.7. The van der Waals surface area contributed by atoms with E-state index >= 15 is 0 Å². The van der Waals surface area contributed by atoms with E-state index in [1.807, 2.05) is 48.5 Å². The van der Waals surface area contributed by atoms with Gasteiger partial charge in [-0.15, -0.1) is 0 Å². The van der Waals surface area contributed by atoms with E-state index in [0.29, 0.717) is 11.5 Å². The molecule has 0 aromatic heterocycles. The Hall–Kier alpha value is -7.70. The Morgan fingerprint density at radius 2 is 0.649 bits per heavy atom. The summed E-state index contributed by atoms with van der Waals surface area (Å²) in [5.74, 6) is -0.495. The number of hydrogen-bond donors (Lipinski definition) is 2. The Balaban J connectivity index is 1.20. The number of benzene rings is 8. The minimum atomic E-state index is -1.05. The van der Waals surface area contributed by atoms with Crippen molar-refractivity contribution in [3.05, 3.63) is 228 Å². The SMILES string of the molecule is O=C(O)c1ccccc1Oc1ccc(-c2ccccc2C2(c3ccccc3-c3ccc(Oc4ccccc4C(=O)O)cc3)c3ccccc3-c3ccccc32)cc1. The molecule has 0 spiro atoms. The topological polar surface area (TPSA) is 93.1 Å². The molecule has 0 amide bonds. The van der Waals surface area contributed by atoms with Gasteiger partial charge in [0.15, 0.2) is 0 Å². The second-order valence-electron chi connectivity index (χ2n) is 13.8. The molecule has 0 aliphatic heterocycles. The first-order valence-corrected chi connectivity index (χ1v) is 18.5. The smallest absolute Gasteiger partial charge is 0.339 e. The fraction of sp³-hybridized carbons (Fsp3) is 0.0196. The summed E-state index contributed by atoms with van der Waals surface area (Å²) in [6.45, 7) is 0. The maximum Gasteiger partial charge on any atom is 0.339 e. The highest BCUT2D eigenvalue weighted by molar-refractivity contribution is 5.93. The quantitative estimate of drug-likeness (QED) is 0.145. The van der Waals surface area contributed by atoms with Gasteiger partial charge in [-0.3, -0.25) is 0 Å². The van der Waals surface area contributed by atoms with Gasteiger partial charge in [0.1, 0.15) is 34.1 Å². The molecule has 0 saturated carbocycles. The molecule has 0 saturated heterocycles. The summed E-state index contributed by atoms with van der Waals surface area (Å²) in [6, 6.07) is 63.1. The van der Waals surface area contributed by atoms with Crippen LogP contribution in [0.5, 0.6) is 23.0 Å². The Kier molecular flexibility index (Phi) is 8.92. The molecule has 9 rings (SSSR count). The van der Waals surface area contributed by atoms with Gasteiger partial charge >= 0.3 is 11.9 Å². The minimum absolute atomic E-state index is 0.0942. The molecule has 1 aliphatic carbocycles. The molecular weight excluding hydrogens is 709 g/mol. The summed E-state index contributed by atoms with van der Waals surface area (Å²) in [6.07, 6.45) is 0. The number of aromatic carboxylic acids is 2. The predicted molar refractivity (Wildman–Crippen MR) is 222 cm³/mol. The van der Waals surface area contributed by atoms with Crippen LogP contribution in [-0.2, 0) is 5.41 Å². The van der Waals surface area contributed by atoms with Gasteiger partial charge in [0, 0.05) is 0 Å². The van der Waals surface area contributed by atoms with Gasteiger partial charge in [0.2, 0.25) is 0 Å². The Bertz CT molecular complexity index is 2610. The van der Waals surface area contributed by atoms with Gasteiger partial charge in [-0.05, 0) is 104 Å². The highest BCUT2D eigenvalue weighted by Gasteiger charge is 2.48. The van der Waals surface area contributed by atoms with Crippen molar-refractivity contribution < 1.29 is 29.3 Å². The van der Waals surface area contributed by atoms with E-state index in [2.05, 4.69) is 97.1 Å². The van der Waals surface area contributed by atoms with Crippen LogP contribution in [0.4, 0.5) is 0 Å². The van der Waals surface area contributed by atoms with Crippen molar-refractivity contribution in [2.24, 2.45) is 0 Å². The van der Waals surface area contributed by atoms with E-state index in [0.717, 1.165) is 33.4 Å². The van der Waals surface area contributed by atoms with Crippen molar-refractivity contribution in [3.8, 4) is 56.4 Å². The van der Waals surface area contributed by atoms with Gasteiger partial charge in [-0.2, -0.15) is 0 Å². The molecule has 0 radical (unpaired) electrons. The summed E-state index contributed by atoms with van der Waals surface area (Å²) < 4.78 is 12.2. The number of carboxylic acids is 2. The summed E-state index contributed by atoms with van der Waals surface area (Å²) >= 11 is 0. The molecule has 8 aromatic rings. The van der Waals surface area contributed by atoms with Crippen LogP contribution < -0.4 is 9.47 Å². The third-order valence-corrected chi connectivity index (χ3v) is 10.6. The molecule has 57 heavy (non-hydrogen) atoms. The first-order valence-electron chi connectivity index (χ1n) is 18.5. The van der Waals surface area contributed by atoms with Gasteiger partial charge < -0.3 is 19.7 Å². The van der Waals surface area contributed by atoms with E-state index in [1.165, 1.54) is 34.4 Å². The highest BCUT2D eigenvalue weighted by Crippen LogP contribution is 2.59. The van der Waals surface area contributed by atoms with Crippen LogP contribution in [0.25, 0.3) is 33.4 Å².